The molecule has 3 rings (SSSR count). The fourth-order valence-corrected chi connectivity index (χ4v) is 2.77. The Morgan fingerprint density at radius 2 is 1.90 bits per heavy atom. The maximum atomic E-state index is 5.61. The van der Waals surface area contributed by atoms with Gasteiger partial charge in [-0.1, -0.05) is 0 Å². The highest BCUT2D eigenvalue weighted by atomic mass is 16.5. The van der Waals surface area contributed by atoms with Crippen LogP contribution in [-0.4, -0.2) is 30.3 Å². The summed E-state index contributed by atoms with van der Waals surface area (Å²) in [6.07, 6.45) is 4.61. The van der Waals surface area contributed by atoms with Crippen molar-refractivity contribution in [1.29, 1.82) is 0 Å². The molecule has 1 fully saturated rings. The highest BCUT2D eigenvalue weighted by molar-refractivity contribution is 5.81. The second-order valence-electron chi connectivity index (χ2n) is 5.59. The molecule has 21 heavy (non-hydrogen) atoms. The van der Waals surface area contributed by atoms with E-state index in [2.05, 4.69) is 4.57 Å². The highest BCUT2D eigenvalue weighted by Crippen LogP contribution is 2.42. The fraction of sp³-hybridized carbons (Fsp3) is 0.562. The Morgan fingerprint density at radius 1 is 1.19 bits per heavy atom. The Kier molecular flexibility index (Phi) is 4.01. The molecule has 0 unspecified atom stereocenters. The van der Waals surface area contributed by atoms with Crippen LogP contribution in [0.5, 0.6) is 11.5 Å². The van der Waals surface area contributed by atoms with Crippen LogP contribution in [0.1, 0.15) is 37.4 Å². The Bertz CT molecular complexity index is 632. The zero-order valence-electron chi connectivity index (χ0n) is 12.8. The van der Waals surface area contributed by atoms with Crippen LogP contribution in [0.2, 0.25) is 0 Å². The molecule has 0 saturated heterocycles. The molecule has 0 spiro atoms. The van der Waals surface area contributed by atoms with E-state index >= 15 is 0 Å². The van der Waals surface area contributed by atoms with Crippen molar-refractivity contribution in [2.24, 2.45) is 5.73 Å². The van der Waals surface area contributed by atoms with Crippen molar-refractivity contribution in [2.75, 3.05) is 20.8 Å². The summed E-state index contributed by atoms with van der Waals surface area (Å²) >= 11 is 0. The van der Waals surface area contributed by atoms with Crippen LogP contribution in [0.4, 0.5) is 0 Å². The molecular weight excluding hydrogens is 266 g/mol. The molecule has 0 radical (unpaired) electrons. The number of hydrogen-bond donors (Lipinski definition) is 1. The van der Waals surface area contributed by atoms with Gasteiger partial charge in [-0.3, -0.25) is 0 Å². The summed E-state index contributed by atoms with van der Waals surface area (Å²) in [6, 6.07) is 4.01. The normalized spacial score (nSPS) is 14.6. The Hall–Kier alpha value is -1.75. The van der Waals surface area contributed by atoms with Gasteiger partial charge >= 0.3 is 0 Å². The summed E-state index contributed by atoms with van der Waals surface area (Å²) in [5.74, 6) is 3.32. The zero-order chi connectivity index (χ0) is 14.8. The number of rotatable bonds is 7. The van der Waals surface area contributed by atoms with E-state index in [9.17, 15) is 0 Å². The number of ether oxygens (including phenoxy) is 2. The first-order valence-corrected chi connectivity index (χ1v) is 7.60. The molecule has 0 bridgehead atoms. The summed E-state index contributed by atoms with van der Waals surface area (Å²) in [5.41, 5.74) is 7.73. The average Bonchev–Trinajstić information content (AvgIpc) is 3.29. The lowest BCUT2D eigenvalue weighted by Crippen LogP contribution is -2.06. The summed E-state index contributed by atoms with van der Waals surface area (Å²) in [4.78, 5) is 4.83. The average molecular weight is 289 g/mol. The third kappa shape index (κ3) is 2.70. The smallest absolute Gasteiger partial charge is 0.163 e. The summed E-state index contributed by atoms with van der Waals surface area (Å²) < 4.78 is 13.1. The van der Waals surface area contributed by atoms with Gasteiger partial charge in [-0.2, -0.15) is 0 Å². The number of aryl methyl sites for hydroxylation is 1. The molecule has 2 N–H and O–H groups in total. The topological polar surface area (TPSA) is 62.3 Å². The van der Waals surface area contributed by atoms with E-state index in [1.807, 2.05) is 12.1 Å². The molecule has 114 valence electrons. The molecule has 2 aromatic rings. The largest absolute Gasteiger partial charge is 0.493 e. The molecule has 1 heterocycles. The van der Waals surface area contributed by atoms with E-state index in [0.29, 0.717) is 5.92 Å². The summed E-state index contributed by atoms with van der Waals surface area (Å²) in [5, 5.41) is 0. The molecule has 1 aliphatic rings. The van der Waals surface area contributed by atoms with Crippen molar-refractivity contribution >= 4 is 11.0 Å². The van der Waals surface area contributed by atoms with Crippen LogP contribution in [0, 0.1) is 0 Å². The van der Waals surface area contributed by atoms with Gasteiger partial charge in [-0.15, -0.1) is 0 Å². The van der Waals surface area contributed by atoms with Crippen molar-refractivity contribution in [3.8, 4) is 11.5 Å². The van der Waals surface area contributed by atoms with E-state index in [0.717, 1.165) is 48.5 Å². The third-order valence-corrected chi connectivity index (χ3v) is 4.06. The lowest BCUT2D eigenvalue weighted by Gasteiger charge is -2.10. The number of methoxy groups -OCH3 is 2. The van der Waals surface area contributed by atoms with Gasteiger partial charge in [-0.05, 0) is 32.2 Å². The molecule has 1 aromatic heterocycles. The minimum Gasteiger partial charge on any atom is -0.493 e. The van der Waals surface area contributed by atoms with Gasteiger partial charge in [0.1, 0.15) is 5.82 Å². The monoisotopic (exact) mass is 289 g/mol. The third-order valence-electron chi connectivity index (χ3n) is 4.06. The van der Waals surface area contributed by atoms with Crippen LogP contribution in [0.3, 0.4) is 0 Å². The number of aromatic nitrogens is 2. The molecule has 1 aliphatic carbocycles. The Balaban J connectivity index is 2.05. The molecule has 5 nitrogen and oxygen atoms in total. The molecule has 0 amide bonds. The molecule has 1 saturated carbocycles. The van der Waals surface area contributed by atoms with Crippen molar-refractivity contribution in [3.05, 3.63) is 18.0 Å². The highest BCUT2D eigenvalue weighted by Gasteiger charge is 2.29. The van der Waals surface area contributed by atoms with Gasteiger partial charge < -0.3 is 19.8 Å². The zero-order valence-corrected chi connectivity index (χ0v) is 12.8. The van der Waals surface area contributed by atoms with Crippen molar-refractivity contribution < 1.29 is 9.47 Å². The van der Waals surface area contributed by atoms with E-state index in [4.69, 9.17) is 20.2 Å². The van der Waals surface area contributed by atoms with Gasteiger partial charge in [0, 0.05) is 24.6 Å². The lowest BCUT2D eigenvalue weighted by molar-refractivity contribution is 0.355. The summed E-state index contributed by atoms with van der Waals surface area (Å²) in [7, 11) is 3.32. The SMILES string of the molecule is COc1cc2nc(C3CC3)n(CCCCN)c2cc1OC. The van der Waals surface area contributed by atoms with Crippen molar-refractivity contribution in [1.82, 2.24) is 9.55 Å². The predicted octanol–water partition coefficient (Wildman–Crippen LogP) is 2.67. The first-order chi connectivity index (χ1) is 10.3. The van der Waals surface area contributed by atoms with E-state index < -0.39 is 0 Å². The van der Waals surface area contributed by atoms with E-state index in [1.165, 1.54) is 18.7 Å². The van der Waals surface area contributed by atoms with Crippen LogP contribution in [0.15, 0.2) is 12.1 Å². The lowest BCUT2D eigenvalue weighted by atomic mass is 10.2. The molecule has 0 aliphatic heterocycles. The van der Waals surface area contributed by atoms with Crippen molar-refractivity contribution in [3.63, 3.8) is 0 Å². The number of unbranched alkanes of at least 4 members (excludes halogenated alkanes) is 1. The van der Waals surface area contributed by atoms with Gasteiger partial charge in [0.05, 0.1) is 25.3 Å². The quantitative estimate of drug-likeness (QED) is 0.796. The van der Waals surface area contributed by atoms with Crippen LogP contribution < -0.4 is 15.2 Å². The minimum atomic E-state index is 0.618. The van der Waals surface area contributed by atoms with E-state index in [1.54, 1.807) is 14.2 Å². The number of benzene rings is 1. The Morgan fingerprint density at radius 3 is 2.52 bits per heavy atom. The number of nitrogens with zero attached hydrogens (tertiary/aromatic N) is 2. The Labute approximate surface area is 125 Å². The first-order valence-electron chi connectivity index (χ1n) is 7.60. The van der Waals surface area contributed by atoms with Crippen LogP contribution in [0.25, 0.3) is 11.0 Å². The number of imidazole rings is 1. The first kappa shape index (κ1) is 14.2. The van der Waals surface area contributed by atoms with Gasteiger partial charge in [-0.25, -0.2) is 4.98 Å². The second kappa shape index (κ2) is 5.93. The standard InChI is InChI=1S/C16H23N3O2/c1-20-14-9-12-13(10-15(14)21-2)19(8-4-3-7-17)16(18-12)11-5-6-11/h9-11H,3-8,17H2,1-2H3. The van der Waals surface area contributed by atoms with Crippen LogP contribution >= 0.6 is 0 Å². The predicted molar refractivity (Wildman–Crippen MR) is 83.1 cm³/mol. The number of hydrogen-bond acceptors (Lipinski definition) is 4. The molecule has 0 atom stereocenters. The van der Waals surface area contributed by atoms with Gasteiger partial charge in [0.15, 0.2) is 11.5 Å². The fourth-order valence-electron chi connectivity index (χ4n) is 2.77. The maximum absolute atomic E-state index is 5.61. The molecule has 1 aromatic carbocycles. The molecular formula is C16H23N3O2. The maximum Gasteiger partial charge on any atom is 0.163 e. The van der Waals surface area contributed by atoms with Gasteiger partial charge in [0.25, 0.3) is 0 Å². The van der Waals surface area contributed by atoms with Crippen molar-refractivity contribution in [2.45, 2.75) is 38.1 Å². The van der Waals surface area contributed by atoms with E-state index in [-0.39, 0.29) is 0 Å². The molecule has 5 heteroatoms. The van der Waals surface area contributed by atoms with Gasteiger partial charge in [0.2, 0.25) is 0 Å². The van der Waals surface area contributed by atoms with Crippen LogP contribution in [-0.2, 0) is 6.54 Å². The summed E-state index contributed by atoms with van der Waals surface area (Å²) in [6.45, 7) is 1.71. The number of fused-ring (bicyclic) bond motifs is 1. The second-order valence-corrected chi connectivity index (χ2v) is 5.59. The minimum absolute atomic E-state index is 0.618. The number of nitrogens with two attached hydrogens (primary N) is 1.